The standard InChI is InChI=1S/C11H15NO2.H2O/c1-14-11(13)7-8-12-9-10-5-3-2-4-6-10;/h2-6,12H,7-9H2,1H3;1H2. The molecule has 0 saturated carbocycles. The van der Waals surface area contributed by atoms with Crippen LogP contribution < -0.4 is 5.32 Å². The van der Waals surface area contributed by atoms with Crippen LogP contribution in [0.4, 0.5) is 0 Å². The van der Waals surface area contributed by atoms with Crippen molar-refractivity contribution in [2.75, 3.05) is 13.7 Å². The van der Waals surface area contributed by atoms with Gasteiger partial charge in [-0.2, -0.15) is 0 Å². The molecule has 15 heavy (non-hydrogen) atoms. The fourth-order valence-corrected chi connectivity index (χ4v) is 1.12. The summed E-state index contributed by atoms with van der Waals surface area (Å²) in [6, 6.07) is 10.1. The van der Waals surface area contributed by atoms with Crippen molar-refractivity contribution in [1.29, 1.82) is 0 Å². The van der Waals surface area contributed by atoms with E-state index >= 15 is 0 Å². The van der Waals surface area contributed by atoms with Crippen molar-refractivity contribution in [2.45, 2.75) is 13.0 Å². The van der Waals surface area contributed by atoms with E-state index in [9.17, 15) is 4.79 Å². The molecule has 0 aliphatic carbocycles. The minimum Gasteiger partial charge on any atom is -0.469 e. The molecule has 0 amide bonds. The van der Waals surface area contributed by atoms with Gasteiger partial charge in [0.25, 0.3) is 0 Å². The monoisotopic (exact) mass is 211 g/mol. The Bertz CT molecular complexity index is 274. The maximum absolute atomic E-state index is 10.8. The van der Waals surface area contributed by atoms with Crippen molar-refractivity contribution < 1.29 is 15.0 Å². The Morgan fingerprint density at radius 3 is 2.60 bits per heavy atom. The smallest absolute Gasteiger partial charge is 0.306 e. The number of benzene rings is 1. The number of carbonyl (C=O) groups is 1. The van der Waals surface area contributed by atoms with Gasteiger partial charge < -0.3 is 15.5 Å². The van der Waals surface area contributed by atoms with Gasteiger partial charge in [-0.15, -0.1) is 0 Å². The van der Waals surface area contributed by atoms with Crippen molar-refractivity contribution in [3.63, 3.8) is 0 Å². The number of ether oxygens (including phenoxy) is 1. The lowest BCUT2D eigenvalue weighted by atomic mass is 10.2. The molecule has 0 fully saturated rings. The fourth-order valence-electron chi connectivity index (χ4n) is 1.12. The van der Waals surface area contributed by atoms with Crippen molar-refractivity contribution in [2.24, 2.45) is 0 Å². The second-order valence-corrected chi connectivity index (χ2v) is 2.99. The van der Waals surface area contributed by atoms with Gasteiger partial charge in [-0.3, -0.25) is 4.79 Å². The second kappa shape index (κ2) is 7.96. The quantitative estimate of drug-likeness (QED) is 0.570. The topological polar surface area (TPSA) is 69.8 Å². The predicted octanol–water partition coefficient (Wildman–Crippen LogP) is 0.515. The molecule has 0 radical (unpaired) electrons. The van der Waals surface area contributed by atoms with E-state index in [2.05, 4.69) is 10.1 Å². The molecule has 0 bridgehead atoms. The molecule has 0 heterocycles. The van der Waals surface area contributed by atoms with E-state index in [1.54, 1.807) is 0 Å². The third-order valence-corrected chi connectivity index (χ3v) is 1.91. The van der Waals surface area contributed by atoms with Crippen LogP contribution in [0.5, 0.6) is 0 Å². The van der Waals surface area contributed by atoms with Gasteiger partial charge in [0.2, 0.25) is 0 Å². The van der Waals surface area contributed by atoms with E-state index in [0.717, 1.165) is 6.54 Å². The average Bonchev–Trinajstić information content (AvgIpc) is 2.25. The first-order valence-corrected chi connectivity index (χ1v) is 4.64. The molecular weight excluding hydrogens is 194 g/mol. The Labute approximate surface area is 89.6 Å². The van der Waals surface area contributed by atoms with Crippen molar-refractivity contribution in [1.82, 2.24) is 5.32 Å². The Kier molecular flexibility index (Phi) is 7.23. The van der Waals surface area contributed by atoms with Gasteiger partial charge in [-0.25, -0.2) is 0 Å². The van der Waals surface area contributed by atoms with E-state index < -0.39 is 0 Å². The molecule has 0 spiro atoms. The molecule has 0 atom stereocenters. The number of carbonyl (C=O) groups excluding carboxylic acids is 1. The summed E-state index contributed by atoms with van der Waals surface area (Å²) in [5.74, 6) is -0.175. The van der Waals surface area contributed by atoms with Gasteiger partial charge in [0.15, 0.2) is 0 Å². The molecule has 0 unspecified atom stereocenters. The van der Waals surface area contributed by atoms with Crippen LogP contribution in [-0.2, 0) is 16.1 Å². The molecule has 84 valence electrons. The normalized spacial score (nSPS) is 9.13. The van der Waals surface area contributed by atoms with Gasteiger partial charge in [0.05, 0.1) is 13.5 Å². The van der Waals surface area contributed by atoms with Gasteiger partial charge in [-0.1, -0.05) is 30.3 Å². The number of hydrogen-bond donors (Lipinski definition) is 1. The van der Waals surface area contributed by atoms with E-state index in [-0.39, 0.29) is 11.4 Å². The predicted molar refractivity (Wildman–Crippen MR) is 58.4 cm³/mol. The minimum atomic E-state index is -0.175. The summed E-state index contributed by atoms with van der Waals surface area (Å²) in [5, 5.41) is 3.17. The molecule has 0 aliphatic rings. The number of hydrogen-bond acceptors (Lipinski definition) is 3. The number of rotatable bonds is 5. The summed E-state index contributed by atoms with van der Waals surface area (Å²) in [7, 11) is 1.40. The lowest BCUT2D eigenvalue weighted by Crippen LogP contribution is -2.18. The van der Waals surface area contributed by atoms with Crippen LogP contribution in [0, 0.1) is 0 Å². The SMILES string of the molecule is COC(=O)CCNCc1ccccc1.O. The summed E-state index contributed by atoms with van der Waals surface area (Å²) in [4.78, 5) is 10.8. The third-order valence-electron chi connectivity index (χ3n) is 1.91. The van der Waals surface area contributed by atoms with Crippen molar-refractivity contribution in [3.8, 4) is 0 Å². The second-order valence-electron chi connectivity index (χ2n) is 2.99. The van der Waals surface area contributed by atoms with Crippen molar-refractivity contribution >= 4 is 5.97 Å². The summed E-state index contributed by atoms with van der Waals surface area (Å²) in [6.07, 6.45) is 0.420. The maximum atomic E-state index is 10.8. The highest BCUT2D eigenvalue weighted by Gasteiger charge is 1.98. The molecule has 4 heteroatoms. The van der Waals surface area contributed by atoms with Crippen LogP contribution in [-0.4, -0.2) is 25.1 Å². The highest BCUT2D eigenvalue weighted by molar-refractivity contribution is 5.69. The fraction of sp³-hybridized carbons (Fsp3) is 0.364. The maximum Gasteiger partial charge on any atom is 0.306 e. The molecular formula is C11H17NO3. The first kappa shape index (κ1) is 13.6. The average molecular weight is 211 g/mol. The zero-order chi connectivity index (χ0) is 10.2. The van der Waals surface area contributed by atoms with E-state index in [1.807, 2.05) is 30.3 Å². The minimum absolute atomic E-state index is 0. The Balaban J connectivity index is 0.00000196. The molecule has 1 aromatic carbocycles. The van der Waals surface area contributed by atoms with Crippen LogP contribution in [0.15, 0.2) is 30.3 Å². The lowest BCUT2D eigenvalue weighted by molar-refractivity contribution is -0.140. The first-order chi connectivity index (χ1) is 6.83. The van der Waals surface area contributed by atoms with Crippen LogP contribution >= 0.6 is 0 Å². The molecule has 0 aromatic heterocycles. The van der Waals surface area contributed by atoms with Gasteiger partial charge in [-0.05, 0) is 5.56 Å². The van der Waals surface area contributed by atoms with Crippen LogP contribution in [0.2, 0.25) is 0 Å². The Morgan fingerprint density at radius 2 is 2.00 bits per heavy atom. The highest BCUT2D eigenvalue weighted by atomic mass is 16.5. The van der Waals surface area contributed by atoms with E-state index in [0.29, 0.717) is 13.0 Å². The van der Waals surface area contributed by atoms with E-state index in [1.165, 1.54) is 12.7 Å². The summed E-state index contributed by atoms with van der Waals surface area (Å²) < 4.78 is 4.52. The Hall–Kier alpha value is -1.39. The Morgan fingerprint density at radius 1 is 1.33 bits per heavy atom. The first-order valence-electron chi connectivity index (χ1n) is 4.64. The highest BCUT2D eigenvalue weighted by Crippen LogP contribution is 1.96. The van der Waals surface area contributed by atoms with Crippen LogP contribution in [0.25, 0.3) is 0 Å². The molecule has 0 aliphatic heterocycles. The van der Waals surface area contributed by atoms with Crippen molar-refractivity contribution in [3.05, 3.63) is 35.9 Å². The van der Waals surface area contributed by atoms with Crippen LogP contribution in [0.3, 0.4) is 0 Å². The number of nitrogens with one attached hydrogen (secondary N) is 1. The lowest BCUT2D eigenvalue weighted by Gasteiger charge is -2.03. The van der Waals surface area contributed by atoms with Gasteiger partial charge in [0, 0.05) is 13.1 Å². The largest absolute Gasteiger partial charge is 0.469 e. The molecule has 4 nitrogen and oxygen atoms in total. The summed E-state index contributed by atoms with van der Waals surface area (Å²) in [6.45, 7) is 1.44. The van der Waals surface area contributed by atoms with Crippen LogP contribution in [0.1, 0.15) is 12.0 Å². The summed E-state index contributed by atoms with van der Waals surface area (Å²) in [5.41, 5.74) is 1.22. The zero-order valence-corrected chi connectivity index (χ0v) is 8.82. The summed E-state index contributed by atoms with van der Waals surface area (Å²) >= 11 is 0. The third kappa shape index (κ3) is 5.83. The van der Waals surface area contributed by atoms with Gasteiger partial charge in [0.1, 0.15) is 0 Å². The van der Waals surface area contributed by atoms with E-state index in [4.69, 9.17) is 0 Å². The number of esters is 1. The molecule has 1 aromatic rings. The zero-order valence-electron chi connectivity index (χ0n) is 8.82. The molecule has 1 rings (SSSR count). The molecule has 0 saturated heterocycles. The van der Waals surface area contributed by atoms with Gasteiger partial charge >= 0.3 is 5.97 Å². The number of methoxy groups -OCH3 is 1. The molecule has 3 N–H and O–H groups in total.